The minimum absolute atomic E-state index is 0.0167. The van der Waals surface area contributed by atoms with Gasteiger partial charge in [-0.05, 0) is 74.1 Å². The number of carbonyl (C=O) groups is 2. The molecule has 3 aromatic carbocycles. The molecule has 1 atom stereocenters. The van der Waals surface area contributed by atoms with Gasteiger partial charge in [0.1, 0.15) is 5.82 Å². The van der Waals surface area contributed by atoms with Crippen LogP contribution >= 0.6 is 0 Å². The number of hydrogen-bond donors (Lipinski definition) is 3. The van der Waals surface area contributed by atoms with E-state index in [2.05, 4.69) is 33.8 Å². The van der Waals surface area contributed by atoms with Crippen LogP contribution in [0.3, 0.4) is 0 Å². The van der Waals surface area contributed by atoms with Crippen molar-refractivity contribution in [3.63, 3.8) is 0 Å². The number of rotatable bonds is 6. The van der Waals surface area contributed by atoms with Crippen molar-refractivity contribution in [3.8, 4) is 11.3 Å². The minimum Gasteiger partial charge on any atom is -0.355 e. The fraction of sp³-hybridized carbons (Fsp3) is 0.267. The second kappa shape index (κ2) is 10.4. The van der Waals surface area contributed by atoms with E-state index in [-0.39, 0.29) is 35.6 Å². The fourth-order valence-corrected chi connectivity index (χ4v) is 4.98. The maximum absolute atomic E-state index is 13.2. The third-order valence-corrected chi connectivity index (χ3v) is 7.13. The Morgan fingerprint density at radius 1 is 0.917 bits per heavy atom. The van der Waals surface area contributed by atoms with E-state index in [1.54, 1.807) is 12.1 Å². The summed E-state index contributed by atoms with van der Waals surface area (Å²) in [6, 6.07) is 24.0. The number of carbonyl (C=O) groups excluding carboxylic acids is 2. The highest BCUT2D eigenvalue weighted by Gasteiger charge is 2.28. The maximum atomic E-state index is 13.2. The molecule has 6 heteroatoms. The van der Waals surface area contributed by atoms with Gasteiger partial charge in [0.25, 0.3) is 5.91 Å². The molecule has 36 heavy (non-hydrogen) atoms. The SMILES string of the molecule is C[C@@H](NC(=O)C1CCC(NC(=O)c2ccc3cc(-c4ccccc4)[nH]c3c2)CC1)c1ccc(F)cc1. The normalized spacial score (nSPS) is 18.5. The molecule has 0 aliphatic heterocycles. The molecule has 184 valence electrons. The second-order valence-corrected chi connectivity index (χ2v) is 9.65. The Morgan fingerprint density at radius 3 is 2.36 bits per heavy atom. The van der Waals surface area contributed by atoms with Crippen molar-refractivity contribution in [2.24, 2.45) is 5.92 Å². The zero-order valence-corrected chi connectivity index (χ0v) is 20.3. The Hall–Kier alpha value is -3.93. The summed E-state index contributed by atoms with van der Waals surface area (Å²) < 4.78 is 13.2. The first-order chi connectivity index (χ1) is 17.5. The molecule has 1 aliphatic carbocycles. The number of halogens is 1. The number of aromatic nitrogens is 1. The first-order valence-corrected chi connectivity index (χ1v) is 12.5. The summed E-state index contributed by atoms with van der Waals surface area (Å²) >= 11 is 0. The van der Waals surface area contributed by atoms with Crippen molar-refractivity contribution in [2.75, 3.05) is 0 Å². The van der Waals surface area contributed by atoms with Crippen LogP contribution in [-0.4, -0.2) is 22.8 Å². The highest BCUT2D eigenvalue weighted by Crippen LogP contribution is 2.27. The number of hydrogen-bond acceptors (Lipinski definition) is 2. The first-order valence-electron chi connectivity index (χ1n) is 12.5. The van der Waals surface area contributed by atoms with Crippen molar-refractivity contribution in [1.29, 1.82) is 0 Å². The molecule has 0 saturated heterocycles. The Morgan fingerprint density at radius 2 is 1.64 bits per heavy atom. The van der Waals surface area contributed by atoms with Crippen molar-refractivity contribution in [2.45, 2.75) is 44.7 Å². The molecule has 1 heterocycles. The van der Waals surface area contributed by atoms with Crippen LogP contribution in [0.25, 0.3) is 22.2 Å². The molecular formula is C30H30FN3O2. The summed E-state index contributed by atoms with van der Waals surface area (Å²) in [6.45, 7) is 1.90. The topological polar surface area (TPSA) is 74.0 Å². The van der Waals surface area contributed by atoms with Crippen molar-refractivity contribution < 1.29 is 14.0 Å². The lowest BCUT2D eigenvalue weighted by atomic mass is 9.85. The summed E-state index contributed by atoms with van der Waals surface area (Å²) in [5.74, 6) is -0.441. The lowest BCUT2D eigenvalue weighted by Gasteiger charge is -2.29. The van der Waals surface area contributed by atoms with Gasteiger partial charge in [-0.1, -0.05) is 48.5 Å². The van der Waals surface area contributed by atoms with Gasteiger partial charge in [0.05, 0.1) is 6.04 Å². The second-order valence-electron chi connectivity index (χ2n) is 9.65. The van der Waals surface area contributed by atoms with E-state index >= 15 is 0 Å². The summed E-state index contributed by atoms with van der Waals surface area (Å²) in [6.07, 6.45) is 2.97. The van der Waals surface area contributed by atoms with Gasteiger partial charge in [-0.25, -0.2) is 4.39 Å². The molecule has 5 nitrogen and oxygen atoms in total. The molecule has 1 aliphatic rings. The molecule has 3 N–H and O–H groups in total. The fourth-order valence-electron chi connectivity index (χ4n) is 4.98. The van der Waals surface area contributed by atoms with Crippen LogP contribution in [0.15, 0.2) is 78.9 Å². The number of nitrogens with one attached hydrogen (secondary N) is 3. The summed E-state index contributed by atoms with van der Waals surface area (Å²) in [5.41, 5.74) is 4.55. The Kier molecular flexibility index (Phi) is 6.85. The van der Waals surface area contributed by atoms with Gasteiger partial charge in [0.15, 0.2) is 0 Å². The molecule has 5 rings (SSSR count). The van der Waals surface area contributed by atoms with Crippen LogP contribution in [0.1, 0.15) is 54.6 Å². The quantitative estimate of drug-likeness (QED) is 0.308. The van der Waals surface area contributed by atoms with Crippen molar-refractivity contribution in [3.05, 3.63) is 95.8 Å². The Balaban J connectivity index is 1.15. The van der Waals surface area contributed by atoms with E-state index in [0.29, 0.717) is 5.56 Å². The Bertz CT molecular complexity index is 1360. The largest absolute Gasteiger partial charge is 0.355 e. The lowest BCUT2D eigenvalue weighted by Crippen LogP contribution is -2.41. The van der Waals surface area contributed by atoms with Gasteiger partial charge >= 0.3 is 0 Å². The molecule has 0 radical (unpaired) electrons. The third kappa shape index (κ3) is 5.33. The number of H-pyrrole nitrogens is 1. The van der Waals surface area contributed by atoms with Crippen LogP contribution in [-0.2, 0) is 4.79 Å². The monoisotopic (exact) mass is 483 g/mol. The van der Waals surface area contributed by atoms with E-state index in [4.69, 9.17) is 0 Å². The molecule has 2 amide bonds. The van der Waals surface area contributed by atoms with Crippen molar-refractivity contribution in [1.82, 2.24) is 15.6 Å². The molecule has 1 fully saturated rings. The van der Waals surface area contributed by atoms with E-state index in [0.717, 1.165) is 53.4 Å². The average molecular weight is 484 g/mol. The molecule has 1 aromatic heterocycles. The number of benzene rings is 3. The Labute approximate surface area is 210 Å². The standard InChI is InChI=1S/C30H30FN3O2/c1-19(20-9-13-25(31)14-10-20)32-29(35)22-11-15-26(16-12-22)33-30(36)24-8-7-23-17-27(34-28(23)18-24)21-5-3-2-4-6-21/h2-10,13-14,17-19,22,26,34H,11-12,15-16H2,1H3,(H,32,35)(H,33,36)/t19-,22?,26?/m1/s1. The smallest absolute Gasteiger partial charge is 0.251 e. The van der Waals surface area contributed by atoms with Gasteiger partial charge in [0, 0.05) is 34.1 Å². The van der Waals surface area contributed by atoms with Crippen molar-refractivity contribution >= 4 is 22.7 Å². The van der Waals surface area contributed by atoms with E-state index in [1.165, 1.54) is 12.1 Å². The zero-order valence-electron chi connectivity index (χ0n) is 20.3. The minimum atomic E-state index is -0.289. The van der Waals surface area contributed by atoms with Crippen LogP contribution in [0.2, 0.25) is 0 Å². The molecular weight excluding hydrogens is 453 g/mol. The summed E-state index contributed by atoms with van der Waals surface area (Å²) in [7, 11) is 0. The van der Waals surface area contributed by atoms with Gasteiger partial charge < -0.3 is 15.6 Å². The first kappa shape index (κ1) is 23.8. The van der Waals surface area contributed by atoms with Gasteiger partial charge in [-0.15, -0.1) is 0 Å². The molecule has 1 saturated carbocycles. The zero-order chi connectivity index (χ0) is 25.1. The van der Waals surface area contributed by atoms with Gasteiger partial charge in [0.2, 0.25) is 5.91 Å². The molecule has 4 aromatic rings. The average Bonchev–Trinajstić information content (AvgIpc) is 3.33. The number of amides is 2. The predicted octanol–water partition coefficient (Wildman–Crippen LogP) is 6.14. The highest BCUT2D eigenvalue weighted by atomic mass is 19.1. The van der Waals surface area contributed by atoms with E-state index in [1.807, 2.05) is 43.3 Å². The summed E-state index contributed by atoms with van der Waals surface area (Å²) in [4.78, 5) is 29.1. The van der Waals surface area contributed by atoms with Crippen LogP contribution in [0.4, 0.5) is 4.39 Å². The molecule has 0 bridgehead atoms. The van der Waals surface area contributed by atoms with Gasteiger partial charge in [-0.3, -0.25) is 9.59 Å². The molecule has 0 unspecified atom stereocenters. The van der Waals surface area contributed by atoms with E-state index in [9.17, 15) is 14.0 Å². The predicted molar refractivity (Wildman–Crippen MR) is 140 cm³/mol. The number of aromatic amines is 1. The summed E-state index contributed by atoms with van der Waals surface area (Å²) in [5, 5.41) is 7.26. The molecule has 0 spiro atoms. The maximum Gasteiger partial charge on any atom is 0.251 e. The van der Waals surface area contributed by atoms with Crippen LogP contribution < -0.4 is 10.6 Å². The highest BCUT2D eigenvalue weighted by molar-refractivity contribution is 5.99. The van der Waals surface area contributed by atoms with Gasteiger partial charge in [-0.2, -0.15) is 0 Å². The van der Waals surface area contributed by atoms with Crippen LogP contribution in [0, 0.1) is 11.7 Å². The number of fused-ring (bicyclic) bond motifs is 1. The lowest BCUT2D eigenvalue weighted by molar-refractivity contribution is -0.126. The van der Waals surface area contributed by atoms with E-state index < -0.39 is 0 Å². The third-order valence-electron chi connectivity index (χ3n) is 7.13. The van der Waals surface area contributed by atoms with Crippen LogP contribution in [0.5, 0.6) is 0 Å².